The van der Waals surface area contributed by atoms with E-state index in [9.17, 15) is 4.79 Å². The average molecular weight is 239 g/mol. The summed E-state index contributed by atoms with van der Waals surface area (Å²) >= 11 is 1.72. The van der Waals surface area contributed by atoms with Gasteiger partial charge in [-0.05, 0) is 30.9 Å². The van der Waals surface area contributed by atoms with Gasteiger partial charge in [0.15, 0.2) is 0 Å². The number of carbonyl (C=O) groups is 1. The molecular formula is C12H17NO2S. The highest BCUT2D eigenvalue weighted by atomic mass is 32.2. The lowest BCUT2D eigenvalue weighted by Crippen LogP contribution is -2.34. The van der Waals surface area contributed by atoms with Crippen LogP contribution in [0.1, 0.15) is 12.5 Å². The van der Waals surface area contributed by atoms with Crippen LogP contribution in [0, 0.1) is 0 Å². The van der Waals surface area contributed by atoms with Gasteiger partial charge in [0.05, 0.1) is 7.11 Å². The zero-order chi connectivity index (χ0) is 12.0. The first-order chi connectivity index (χ1) is 7.67. The van der Waals surface area contributed by atoms with Crippen molar-refractivity contribution < 1.29 is 9.53 Å². The minimum atomic E-state index is -0.273. The van der Waals surface area contributed by atoms with Crippen molar-refractivity contribution in [2.45, 2.75) is 24.4 Å². The second-order valence-corrected chi connectivity index (χ2v) is 4.35. The predicted octanol–water partition coefficient (Wildman–Crippen LogP) is 2.06. The minimum Gasteiger partial charge on any atom is -0.468 e. The number of hydrogen-bond donors (Lipinski definition) is 1. The molecule has 0 saturated carbocycles. The van der Waals surface area contributed by atoms with E-state index in [0.717, 1.165) is 5.56 Å². The number of nitrogens with one attached hydrogen (secondary N) is 1. The van der Waals surface area contributed by atoms with Crippen LogP contribution in [0.3, 0.4) is 0 Å². The summed E-state index contributed by atoms with van der Waals surface area (Å²) in [7, 11) is 1.40. The molecule has 0 aromatic heterocycles. The van der Waals surface area contributed by atoms with Gasteiger partial charge in [0, 0.05) is 11.4 Å². The van der Waals surface area contributed by atoms with Crippen LogP contribution in [0.15, 0.2) is 29.2 Å². The van der Waals surface area contributed by atoms with Gasteiger partial charge in [-0.2, -0.15) is 0 Å². The summed E-state index contributed by atoms with van der Waals surface area (Å²) in [5, 5.41) is 3.11. The number of ether oxygens (including phenoxy) is 1. The van der Waals surface area contributed by atoms with Crippen LogP contribution in [0.25, 0.3) is 0 Å². The average Bonchev–Trinajstić information content (AvgIpc) is 2.35. The number of benzene rings is 1. The molecule has 0 radical (unpaired) electrons. The molecule has 0 saturated heterocycles. The fourth-order valence-corrected chi connectivity index (χ4v) is 1.68. The van der Waals surface area contributed by atoms with Crippen molar-refractivity contribution in [2.75, 3.05) is 13.4 Å². The zero-order valence-corrected chi connectivity index (χ0v) is 10.6. The first-order valence-electron chi connectivity index (χ1n) is 5.11. The molecule has 4 heteroatoms. The Balaban J connectivity index is 2.45. The van der Waals surface area contributed by atoms with Crippen molar-refractivity contribution in [1.29, 1.82) is 0 Å². The molecule has 0 aliphatic carbocycles. The molecule has 0 aliphatic heterocycles. The van der Waals surface area contributed by atoms with Crippen LogP contribution in [-0.4, -0.2) is 25.4 Å². The maximum atomic E-state index is 11.1. The van der Waals surface area contributed by atoms with Gasteiger partial charge < -0.3 is 10.1 Å². The molecule has 1 aromatic carbocycles. The molecule has 0 spiro atoms. The highest BCUT2D eigenvalue weighted by molar-refractivity contribution is 7.98. The number of hydrogen-bond acceptors (Lipinski definition) is 4. The molecule has 1 rings (SSSR count). The first-order valence-corrected chi connectivity index (χ1v) is 6.34. The van der Waals surface area contributed by atoms with Gasteiger partial charge in [0.1, 0.15) is 6.04 Å². The van der Waals surface area contributed by atoms with Gasteiger partial charge >= 0.3 is 5.97 Å². The fourth-order valence-electron chi connectivity index (χ4n) is 1.27. The molecule has 3 nitrogen and oxygen atoms in total. The third kappa shape index (κ3) is 3.87. The topological polar surface area (TPSA) is 38.3 Å². The van der Waals surface area contributed by atoms with Crippen molar-refractivity contribution in [2.24, 2.45) is 0 Å². The highest BCUT2D eigenvalue weighted by Crippen LogP contribution is 2.14. The van der Waals surface area contributed by atoms with E-state index in [-0.39, 0.29) is 12.0 Å². The molecule has 88 valence electrons. The van der Waals surface area contributed by atoms with Gasteiger partial charge in [-0.25, -0.2) is 0 Å². The molecule has 0 bridgehead atoms. The van der Waals surface area contributed by atoms with Crippen LogP contribution in [-0.2, 0) is 16.1 Å². The molecule has 0 amide bonds. The molecule has 16 heavy (non-hydrogen) atoms. The molecule has 1 aromatic rings. The van der Waals surface area contributed by atoms with E-state index in [1.54, 1.807) is 18.7 Å². The molecule has 0 fully saturated rings. The van der Waals surface area contributed by atoms with Crippen LogP contribution in [0.2, 0.25) is 0 Å². The van der Waals surface area contributed by atoms with E-state index < -0.39 is 0 Å². The smallest absolute Gasteiger partial charge is 0.322 e. The largest absolute Gasteiger partial charge is 0.468 e. The van der Waals surface area contributed by atoms with Gasteiger partial charge in [0.25, 0.3) is 0 Å². The monoisotopic (exact) mass is 239 g/mol. The number of thioether (sulfide) groups is 1. The van der Waals surface area contributed by atoms with Gasteiger partial charge in [-0.1, -0.05) is 12.1 Å². The lowest BCUT2D eigenvalue weighted by Gasteiger charge is -2.11. The Bertz CT molecular complexity index is 337. The number of carbonyl (C=O) groups excluding carboxylic acids is 1. The molecule has 0 heterocycles. The summed E-state index contributed by atoms with van der Waals surface area (Å²) in [5.74, 6) is -0.235. The molecular weight excluding hydrogens is 222 g/mol. The molecule has 1 atom stereocenters. The third-order valence-electron chi connectivity index (χ3n) is 2.33. The zero-order valence-electron chi connectivity index (χ0n) is 9.82. The Labute approximate surface area is 101 Å². The summed E-state index contributed by atoms with van der Waals surface area (Å²) in [5.41, 5.74) is 1.16. The normalized spacial score (nSPS) is 12.2. The van der Waals surface area contributed by atoms with Crippen molar-refractivity contribution in [1.82, 2.24) is 5.32 Å². The Morgan fingerprint density at radius 1 is 1.44 bits per heavy atom. The van der Waals surface area contributed by atoms with Gasteiger partial charge in [-0.15, -0.1) is 11.8 Å². The van der Waals surface area contributed by atoms with Crippen molar-refractivity contribution in [3.8, 4) is 0 Å². The standard InChI is InChI=1S/C12H17NO2S/c1-9(12(14)15-2)13-8-10-4-6-11(16-3)7-5-10/h4-7,9,13H,8H2,1-3H3. The number of esters is 1. The van der Waals surface area contributed by atoms with E-state index in [1.807, 2.05) is 6.26 Å². The van der Waals surface area contributed by atoms with Gasteiger partial charge in [0.2, 0.25) is 0 Å². The quantitative estimate of drug-likeness (QED) is 0.630. The Morgan fingerprint density at radius 2 is 2.06 bits per heavy atom. The summed E-state index contributed by atoms with van der Waals surface area (Å²) in [6, 6.07) is 7.99. The van der Waals surface area contributed by atoms with E-state index in [4.69, 9.17) is 0 Å². The Hall–Kier alpha value is -1.00. The predicted molar refractivity (Wildman–Crippen MR) is 66.5 cm³/mol. The number of rotatable bonds is 5. The second-order valence-electron chi connectivity index (χ2n) is 3.47. The summed E-state index contributed by atoms with van der Waals surface area (Å²) in [4.78, 5) is 12.4. The third-order valence-corrected chi connectivity index (χ3v) is 3.07. The van der Waals surface area contributed by atoms with E-state index in [2.05, 4.69) is 34.3 Å². The first kappa shape index (κ1) is 13.1. The van der Waals surface area contributed by atoms with Crippen LogP contribution < -0.4 is 5.32 Å². The molecule has 1 unspecified atom stereocenters. The second kappa shape index (κ2) is 6.55. The van der Waals surface area contributed by atoms with Crippen molar-refractivity contribution in [3.63, 3.8) is 0 Å². The molecule has 1 N–H and O–H groups in total. The lowest BCUT2D eigenvalue weighted by atomic mass is 10.2. The SMILES string of the molecule is COC(=O)C(C)NCc1ccc(SC)cc1. The summed E-state index contributed by atoms with van der Waals surface area (Å²) in [6.45, 7) is 2.47. The molecule has 0 aliphatic rings. The van der Waals surface area contributed by atoms with E-state index in [0.29, 0.717) is 6.54 Å². The lowest BCUT2D eigenvalue weighted by molar-refractivity contribution is -0.142. The Kier molecular flexibility index (Phi) is 5.35. The highest BCUT2D eigenvalue weighted by Gasteiger charge is 2.11. The fraction of sp³-hybridized carbons (Fsp3) is 0.417. The van der Waals surface area contributed by atoms with E-state index >= 15 is 0 Å². The maximum absolute atomic E-state index is 11.1. The summed E-state index contributed by atoms with van der Waals surface area (Å²) in [6.07, 6.45) is 2.05. The van der Waals surface area contributed by atoms with Crippen LogP contribution >= 0.6 is 11.8 Å². The van der Waals surface area contributed by atoms with Gasteiger partial charge in [-0.3, -0.25) is 4.79 Å². The minimum absolute atomic E-state index is 0.235. The van der Waals surface area contributed by atoms with Crippen LogP contribution in [0.5, 0.6) is 0 Å². The summed E-state index contributed by atoms with van der Waals surface area (Å²) < 4.78 is 4.63. The number of methoxy groups -OCH3 is 1. The van der Waals surface area contributed by atoms with Crippen LogP contribution in [0.4, 0.5) is 0 Å². The van der Waals surface area contributed by atoms with E-state index in [1.165, 1.54) is 12.0 Å². The van der Waals surface area contributed by atoms with Crippen molar-refractivity contribution >= 4 is 17.7 Å². The maximum Gasteiger partial charge on any atom is 0.322 e. The Morgan fingerprint density at radius 3 is 2.56 bits per heavy atom. The van der Waals surface area contributed by atoms with Crippen molar-refractivity contribution in [3.05, 3.63) is 29.8 Å².